The molecule has 2 N–H and O–H groups in total. The number of hydrogen-bond donors (Lipinski definition) is 2. The first-order valence-electron chi connectivity index (χ1n) is 6.99. The van der Waals surface area contributed by atoms with Crippen LogP contribution in [0.4, 0.5) is 11.6 Å². The summed E-state index contributed by atoms with van der Waals surface area (Å²) in [4.78, 5) is 8.91. The second kappa shape index (κ2) is 5.95. The molecule has 112 valence electrons. The lowest BCUT2D eigenvalue weighted by atomic mass is 10.2. The summed E-state index contributed by atoms with van der Waals surface area (Å²) in [5.74, 6) is 2.89. The van der Waals surface area contributed by atoms with Crippen molar-refractivity contribution in [1.82, 2.24) is 9.97 Å². The van der Waals surface area contributed by atoms with E-state index in [4.69, 9.17) is 0 Å². The molecular formula is C13H22N4O2S. The Kier molecular flexibility index (Phi) is 4.47. The SMILES string of the molecule is CCNc1cc(NC2CCS(=O)(=O)C2)nc(C(C)C)n1. The number of nitrogens with one attached hydrogen (secondary N) is 2. The van der Waals surface area contributed by atoms with E-state index in [1.54, 1.807) is 0 Å². The maximum Gasteiger partial charge on any atom is 0.152 e. The molecular weight excluding hydrogens is 276 g/mol. The molecule has 1 aliphatic rings. The van der Waals surface area contributed by atoms with Crippen molar-refractivity contribution in [2.45, 2.75) is 39.2 Å². The van der Waals surface area contributed by atoms with Crippen LogP contribution in [0.15, 0.2) is 6.07 Å². The van der Waals surface area contributed by atoms with E-state index in [0.29, 0.717) is 12.2 Å². The molecule has 0 amide bonds. The summed E-state index contributed by atoms with van der Waals surface area (Å²) in [6.45, 7) is 6.86. The first-order chi connectivity index (χ1) is 9.39. The van der Waals surface area contributed by atoms with Crippen LogP contribution in [0.1, 0.15) is 38.9 Å². The second-order valence-corrected chi connectivity index (χ2v) is 7.65. The van der Waals surface area contributed by atoms with Gasteiger partial charge in [-0.1, -0.05) is 13.8 Å². The van der Waals surface area contributed by atoms with Crippen LogP contribution in [0.3, 0.4) is 0 Å². The molecule has 6 nitrogen and oxygen atoms in total. The van der Waals surface area contributed by atoms with Gasteiger partial charge in [0.2, 0.25) is 0 Å². The molecule has 0 saturated carbocycles. The van der Waals surface area contributed by atoms with Gasteiger partial charge in [0.05, 0.1) is 11.5 Å². The van der Waals surface area contributed by atoms with Gasteiger partial charge in [-0.05, 0) is 13.3 Å². The third-order valence-electron chi connectivity index (χ3n) is 3.20. The van der Waals surface area contributed by atoms with Crippen molar-refractivity contribution >= 4 is 21.5 Å². The molecule has 1 atom stereocenters. The van der Waals surface area contributed by atoms with Gasteiger partial charge in [-0.15, -0.1) is 0 Å². The molecule has 0 radical (unpaired) electrons. The molecule has 1 saturated heterocycles. The van der Waals surface area contributed by atoms with Crippen molar-refractivity contribution in [3.8, 4) is 0 Å². The summed E-state index contributed by atoms with van der Waals surface area (Å²) in [5, 5.41) is 6.40. The minimum Gasteiger partial charge on any atom is -0.370 e. The Bertz CT molecular complexity index is 572. The Balaban J connectivity index is 2.18. The van der Waals surface area contributed by atoms with E-state index in [2.05, 4.69) is 20.6 Å². The van der Waals surface area contributed by atoms with Crippen LogP contribution < -0.4 is 10.6 Å². The Hall–Kier alpha value is -1.37. The van der Waals surface area contributed by atoms with Gasteiger partial charge in [-0.3, -0.25) is 0 Å². The average molecular weight is 298 g/mol. The van der Waals surface area contributed by atoms with E-state index in [-0.39, 0.29) is 23.5 Å². The summed E-state index contributed by atoms with van der Waals surface area (Å²) in [7, 11) is -2.88. The highest BCUT2D eigenvalue weighted by Crippen LogP contribution is 2.20. The van der Waals surface area contributed by atoms with Crippen LogP contribution in [0.2, 0.25) is 0 Å². The van der Waals surface area contributed by atoms with E-state index in [0.717, 1.165) is 18.2 Å². The zero-order valence-corrected chi connectivity index (χ0v) is 13.0. The summed E-state index contributed by atoms with van der Waals surface area (Å²) in [6, 6.07) is 1.78. The molecule has 1 aromatic rings. The van der Waals surface area contributed by atoms with Crippen LogP contribution in [0, 0.1) is 0 Å². The summed E-state index contributed by atoms with van der Waals surface area (Å²) < 4.78 is 23.0. The van der Waals surface area contributed by atoms with E-state index in [1.165, 1.54) is 0 Å². The van der Waals surface area contributed by atoms with Crippen LogP contribution in [-0.4, -0.2) is 42.5 Å². The fourth-order valence-corrected chi connectivity index (χ4v) is 3.86. The van der Waals surface area contributed by atoms with Crippen molar-refractivity contribution in [1.29, 1.82) is 0 Å². The maximum atomic E-state index is 11.5. The summed E-state index contributed by atoms with van der Waals surface area (Å²) in [5.41, 5.74) is 0. The van der Waals surface area contributed by atoms with Crippen LogP contribution in [-0.2, 0) is 9.84 Å². The topological polar surface area (TPSA) is 84.0 Å². The Labute approximate surface area is 120 Å². The minimum absolute atomic E-state index is 0.0515. The lowest BCUT2D eigenvalue weighted by Gasteiger charge is -2.15. The third kappa shape index (κ3) is 3.82. The van der Waals surface area contributed by atoms with E-state index in [1.807, 2.05) is 26.8 Å². The zero-order valence-electron chi connectivity index (χ0n) is 12.2. The molecule has 1 aliphatic heterocycles. The highest BCUT2D eigenvalue weighted by molar-refractivity contribution is 7.91. The quantitative estimate of drug-likeness (QED) is 0.859. The van der Waals surface area contributed by atoms with Crippen molar-refractivity contribution in [3.63, 3.8) is 0 Å². The Morgan fingerprint density at radius 2 is 2.05 bits per heavy atom. The molecule has 0 aromatic carbocycles. The van der Waals surface area contributed by atoms with Gasteiger partial charge in [0.25, 0.3) is 0 Å². The second-order valence-electron chi connectivity index (χ2n) is 5.43. The molecule has 7 heteroatoms. The van der Waals surface area contributed by atoms with Crippen molar-refractivity contribution in [3.05, 3.63) is 11.9 Å². The van der Waals surface area contributed by atoms with Crippen LogP contribution in [0.5, 0.6) is 0 Å². The predicted octanol–water partition coefficient (Wildman–Crippen LogP) is 1.63. The van der Waals surface area contributed by atoms with Crippen molar-refractivity contribution < 1.29 is 8.42 Å². The fourth-order valence-electron chi connectivity index (χ4n) is 2.19. The highest BCUT2D eigenvalue weighted by Gasteiger charge is 2.28. The molecule has 0 aliphatic carbocycles. The van der Waals surface area contributed by atoms with Crippen LogP contribution >= 0.6 is 0 Å². The molecule has 20 heavy (non-hydrogen) atoms. The van der Waals surface area contributed by atoms with Gasteiger partial charge in [0.15, 0.2) is 9.84 Å². The molecule has 1 fully saturated rings. The van der Waals surface area contributed by atoms with Gasteiger partial charge in [0, 0.05) is 24.6 Å². The molecule has 2 heterocycles. The predicted molar refractivity (Wildman–Crippen MR) is 81.0 cm³/mol. The first-order valence-corrected chi connectivity index (χ1v) is 8.81. The summed E-state index contributed by atoms with van der Waals surface area (Å²) >= 11 is 0. The highest BCUT2D eigenvalue weighted by atomic mass is 32.2. The van der Waals surface area contributed by atoms with Gasteiger partial charge in [0.1, 0.15) is 17.5 Å². The molecule has 0 bridgehead atoms. The number of nitrogens with zero attached hydrogens (tertiary/aromatic N) is 2. The molecule has 2 rings (SSSR count). The minimum atomic E-state index is -2.88. The number of anilines is 2. The standard InChI is InChI=1S/C13H22N4O2S/c1-4-14-11-7-12(17-13(16-11)9(2)3)15-10-5-6-20(18,19)8-10/h7,9-10H,4-6,8H2,1-3H3,(H2,14,15,16,17). The molecule has 0 spiro atoms. The van der Waals surface area contributed by atoms with Gasteiger partial charge in [-0.2, -0.15) is 0 Å². The lowest BCUT2D eigenvalue weighted by molar-refractivity contribution is 0.602. The van der Waals surface area contributed by atoms with E-state index in [9.17, 15) is 8.42 Å². The molecule has 1 aromatic heterocycles. The largest absolute Gasteiger partial charge is 0.370 e. The van der Waals surface area contributed by atoms with E-state index >= 15 is 0 Å². The monoisotopic (exact) mass is 298 g/mol. The van der Waals surface area contributed by atoms with E-state index < -0.39 is 9.84 Å². The normalized spacial score (nSPS) is 21.1. The zero-order chi connectivity index (χ0) is 14.8. The number of aromatic nitrogens is 2. The average Bonchev–Trinajstić information content (AvgIpc) is 2.68. The van der Waals surface area contributed by atoms with Gasteiger partial charge in [-0.25, -0.2) is 18.4 Å². The number of rotatable bonds is 5. The third-order valence-corrected chi connectivity index (χ3v) is 4.97. The molecule has 1 unspecified atom stereocenters. The van der Waals surface area contributed by atoms with Crippen molar-refractivity contribution in [2.24, 2.45) is 0 Å². The number of hydrogen-bond acceptors (Lipinski definition) is 6. The van der Waals surface area contributed by atoms with Crippen molar-refractivity contribution in [2.75, 3.05) is 28.7 Å². The Morgan fingerprint density at radius 1 is 1.35 bits per heavy atom. The Morgan fingerprint density at radius 3 is 2.60 bits per heavy atom. The van der Waals surface area contributed by atoms with Gasteiger partial charge < -0.3 is 10.6 Å². The smallest absolute Gasteiger partial charge is 0.152 e. The number of sulfone groups is 1. The first kappa shape index (κ1) is 15.0. The maximum absolute atomic E-state index is 11.5. The van der Waals surface area contributed by atoms with Crippen LogP contribution in [0.25, 0.3) is 0 Å². The fraction of sp³-hybridized carbons (Fsp3) is 0.692. The van der Waals surface area contributed by atoms with Gasteiger partial charge >= 0.3 is 0 Å². The summed E-state index contributed by atoms with van der Waals surface area (Å²) in [6.07, 6.45) is 0.639. The lowest BCUT2D eigenvalue weighted by Crippen LogP contribution is -2.22.